The van der Waals surface area contributed by atoms with Crippen LogP contribution in [0, 0.1) is 5.92 Å². The molecule has 0 amide bonds. The lowest BCUT2D eigenvalue weighted by Crippen LogP contribution is -2.39. The summed E-state index contributed by atoms with van der Waals surface area (Å²) >= 11 is 0. The topological polar surface area (TPSA) is 103 Å². The van der Waals surface area contributed by atoms with Gasteiger partial charge in [0.2, 0.25) is 6.79 Å². The summed E-state index contributed by atoms with van der Waals surface area (Å²) in [5.74, 6) is 1.37. The zero-order valence-electron chi connectivity index (χ0n) is 20.8. The van der Waals surface area contributed by atoms with Crippen LogP contribution >= 0.6 is 0 Å². The molecule has 7 rings (SSSR count). The van der Waals surface area contributed by atoms with E-state index < -0.39 is 0 Å². The smallest absolute Gasteiger partial charge is 0.310 e. The van der Waals surface area contributed by atoms with Gasteiger partial charge in [-0.25, -0.2) is 0 Å². The molecule has 1 fully saturated rings. The van der Waals surface area contributed by atoms with E-state index in [1.165, 1.54) is 0 Å². The Labute approximate surface area is 218 Å². The lowest BCUT2D eigenvalue weighted by atomic mass is 9.86. The van der Waals surface area contributed by atoms with Crippen molar-refractivity contribution in [1.29, 1.82) is 0 Å². The van der Waals surface area contributed by atoms with E-state index in [0.29, 0.717) is 58.1 Å². The van der Waals surface area contributed by atoms with E-state index in [9.17, 15) is 9.59 Å². The third-order valence-corrected chi connectivity index (χ3v) is 7.41. The number of carbonyl (C=O) groups excluding carboxylic acids is 2. The van der Waals surface area contributed by atoms with Crippen LogP contribution in [0.3, 0.4) is 0 Å². The van der Waals surface area contributed by atoms with Crippen molar-refractivity contribution >= 4 is 39.7 Å². The van der Waals surface area contributed by atoms with Crippen LogP contribution in [0.4, 0.5) is 17.1 Å². The first kappa shape index (κ1) is 22.7. The Kier molecular flexibility index (Phi) is 5.24. The fourth-order valence-corrected chi connectivity index (χ4v) is 5.66. The van der Waals surface area contributed by atoms with Gasteiger partial charge in [-0.3, -0.25) is 9.59 Å². The number of hydrogen-bond acceptors (Lipinski definition) is 9. The predicted octanol–water partition coefficient (Wildman–Crippen LogP) is 5.29. The quantitative estimate of drug-likeness (QED) is 0.315. The average Bonchev–Trinajstić information content (AvgIpc) is 3.60. The molecule has 1 saturated heterocycles. The number of anilines is 3. The maximum Gasteiger partial charge on any atom is 0.310 e. The second-order valence-electron chi connectivity index (χ2n) is 9.66. The van der Waals surface area contributed by atoms with Crippen LogP contribution in [-0.2, 0) is 9.53 Å². The maximum absolute atomic E-state index is 13.9. The number of benzene rings is 3. The van der Waals surface area contributed by atoms with E-state index in [1.807, 2.05) is 55.5 Å². The first-order chi connectivity index (χ1) is 18.6. The molecule has 192 valence electrons. The van der Waals surface area contributed by atoms with Crippen molar-refractivity contribution in [3.8, 4) is 22.8 Å². The molecule has 3 aromatic carbocycles. The van der Waals surface area contributed by atoms with Crippen LogP contribution in [0.25, 0.3) is 22.2 Å². The van der Waals surface area contributed by atoms with Crippen LogP contribution in [0.5, 0.6) is 11.5 Å². The van der Waals surface area contributed by atoms with E-state index >= 15 is 0 Å². The first-order valence-electron chi connectivity index (χ1n) is 12.8. The number of ether oxygens (including phenoxy) is 3. The molecule has 0 spiro atoms. The van der Waals surface area contributed by atoms with Gasteiger partial charge in [0.05, 0.1) is 34.8 Å². The Morgan fingerprint density at radius 1 is 1.13 bits per heavy atom. The summed E-state index contributed by atoms with van der Waals surface area (Å²) in [5, 5.41) is 8.57. The molecule has 3 aliphatic rings. The molecule has 1 N–H and O–H groups in total. The molecule has 9 heteroatoms. The fourth-order valence-electron chi connectivity index (χ4n) is 5.66. The molecule has 0 saturated carbocycles. The molecule has 1 atom stereocenters. The summed E-state index contributed by atoms with van der Waals surface area (Å²) in [4.78, 5) is 28.6. The number of carbonyl (C=O) groups is 2. The minimum atomic E-state index is -0.231. The fraction of sp³-hybridized carbons (Fsp3) is 0.276. The molecule has 1 aliphatic carbocycles. The average molecular weight is 512 g/mol. The highest BCUT2D eigenvalue weighted by Gasteiger charge is 2.35. The van der Waals surface area contributed by atoms with E-state index in [4.69, 9.17) is 18.7 Å². The van der Waals surface area contributed by atoms with Gasteiger partial charge in [-0.1, -0.05) is 29.4 Å². The molecule has 0 unspecified atom stereocenters. The predicted molar refractivity (Wildman–Crippen MR) is 140 cm³/mol. The summed E-state index contributed by atoms with van der Waals surface area (Å²) in [5.41, 5.74) is 4.61. The monoisotopic (exact) mass is 511 g/mol. The Bertz CT molecular complexity index is 1610. The molecular formula is C29H25N3O6. The van der Waals surface area contributed by atoms with Gasteiger partial charge >= 0.3 is 5.97 Å². The zero-order valence-corrected chi connectivity index (χ0v) is 20.8. The second-order valence-corrected chi connectivity index (χ2v) is 9.66. The van der Waals surface area contributed by atoms with Gasteiger partial charge in [0.25, 0.3) is 0 Å². The minimum Gasteiger partial charge on any atom is -0.466 e. The Morgan fingerprint density at radius 2 is 1.97 bits per heavy atom. The van der Waals surface area contributed by atoms with Crippen LogP contribution in [0.1, 0.15) is 35.7 Å². The molecule has 2 aliphatic heterocycles. The zero-order chi connectivity index (χ0) is 25.8. The minimum absolute atomic E-state index is 0.0980. The molecule has 9 nitrogen and oxygen atoms in total. The number of nitrogens with one attached hydrogen (secondary N) is 1. The third kappa shape index (κ3) is 3.49. The van der Waals surface area contributed by atoms with Crippen LogP contribution < -0.4 is 19.7 Å². The van der Waals surface area contributed by atoms with Crippen molar-refractivity contribution in [3.05, 3.63) is 59.7 Å². The van der Waals surface area contributed by atoms with Gasteiger partial charge in [-0.15, -0.1) is 0 Å². The van der Waals surface area contributed by atoms with Crippen molar-refractivity contribution < 1.29 is 28.3 Å². The number of fused-ring (bicyclic) bond motifs is 3. The normalized spacial score (nSPS) is 17.4. The Balaban J connectivity index is 1.38. The standard InChI is InChI=1S/C29H25N3O6/c1-2-35-29(34)16-6-5-11-32(14-16)21-13-20(30-17-9-10-22-23(12-17)37-15-36-22)24-25-26(21)31-38-28(25)19-8-4-3-7-18(19)27(24)33/h3-4,7-10,12-13,16,30H,2,5-6,11,14-15H2,1H3/t16-/m1/s1. The van der Waals surface area contributed by atoms with Crippen LogP contribution in [0.15, 0.2) is 53.1 Å². The number of nitrogens with zero attached hydrogens (tertiary/aromatic N) is 2. The summed E-state index contributed by atoms with van der Waals surface area (Å²) in [6, 6.07) is 14.9. The Morgan fingerprint density at radius 3 is 2.84 bits per heavy atom. The summed E-state index contributed by atoms with van der Waals surface area (Å²) in [7, 11) is 0. The number of piperidine rings is 1. The molecule has 3 heterocycles. The number of aromatic nitrogens is 1. The third-order valence-electron chi connectivity index (χ3n) is 7.41. The number of ketones is 1. The van der Waals surface area contributed by atoms with Crippen molar-refractivity contribution in [1.82, 2.24) is 5.16 Å². The lowest BCUT2D eigenvalue weighted by molar-refractivity contribution is -0.148. The SMILES string of the molecule is CCOC(=O)[C@@H]1CCCN(c2cc(Nc3ccc4c(c3)OCO4)c3c4c(onc24)-c2ccccc2C3=O)C1. The van der Waals surface area contributed by atoms with Gasteiger partial charge in [0, 0.05) is 36.0 Å². The Hall–Kier alpha value is -4.53. The molecule has 4 aromatic rings. The van der Waals surface area contributed by atoms with Crippen molar-refractivity contribution in [3.63, 3.8) is 0 Å². The van der Waals surface area contributed by atoms with Crippen LogP contribution in [-0.4, -0.2) is 43.4 Å². The van der Waals surface area contributed by atoms with Gasteiger partial charge in [-0.2, -0.15) is 0 Å². The molecule has 38 heavy (non-hydrogen) atoms. The van der Waals surface area contributed by atoms with E-state index in [2.05, 4.69) is 15.4 Å². The largest absolute Gasteiger partial charge is 0.466 e. The molecule has 1 aromatic heterocycles. The van der Waals surface area contributed by atoms with E-state index in [-0.39, 0.29) is 24.5 Å². The summed E-state index contributed by atoms with van der Waals surface area (Å²) in [6.07, 6.45) is 1.61. The molecule has 0 radical (unpaired) electrons. The van der Waals surface area contributed by atoms with E-state index in [1.54, 1.807) is 0 Å². The van der Waals surface area contributed by atoms with Crippen molar-refractivity contribution in [2.75, 3.05) is 36.7 Å². The number of esters is 1. The van der Waals surface area contributed by atoms with Crippen molar-refractivity contribution in [2.45, 2.75) is 19.8 Å². The highest BCUT2D eigenvalue weighted by molar-refractivity contribution is 6.28. The lowest BCUT2D eigenvalue weighted by Gasteiger charge is -2.34. The second kappa shape index (κ2) is 8.79. The van der Waals surface area contributed by atoms with Crippen molar-refractivity contribution in [2.24, 2.45) is 5.92 Å². The van der Waals surface area contributed by atoms with Gasteiger partial charge in [0.1, 0.15) is 5.52 Å². The molecular weight excluding hydrogens is 486 g/mol. The first-order valence-corrected chi connectivity index (χ1v) is 12.8. The summed E-state index contributed by atoms with van der Waals surface area (Å²) in [6.45, 7) is 3.60. The van der Waals surface area contributed by atoms with Gasteiger partial charge < -0.3 is 29.0 Å². The molecule has 0 bridgehead atoms. The number of rotatable bonds is 5. The highest BCUT2D eigenvalue weighted by Crippen LogP contribution is 2.47. The van der Waals surface area contributed by atoms with E-state index in [0.717, 1.165) is 36.3 Å². The maximum atomic E-state index is 13.9. The van der Waals surface area contributed by atoms with Crippen LogP contribution in [0.2, 0.25) is 0 Å². The number of hydrogen-bond donors (Lipinski definition) is 1. The summed E-state index contributed by atoms with van der Waals surface area (Å²) < 4.78 is 22.2. The highest BCUT2D eigenvalue weighted by atomic mass is 16.7. The van der Waals surface area contributed by atoms with Gasteiger partial charge in [-0.05, 0) is 38.0 Å². The van der Waals surface area contributed by atoms with Gasteiger partial charge in [0.15, 0.2) is 23.0 Å².